The fourth-order valence-corrected chi connectivity index (χ4v) is 4.62. The monoisotopic (exact) mass is 647 g/mol. The number of nitrogens with zero attached hydrogens (tertiary/aromatic N) is 1. The van der Waals surface area contributed by atoms with Crippen molar-refractivity contribution in [2.24, 2.45) is 34.0 Å². The molecule has 3 amide bonds. The maximum Gasteiger partial charge on any atom is 0.326 e. The van der Waals surface area contributed by atoms with Crippen molar-refractivity contribution < 1.29 is 39.0 Å². The highest BCUT2D eigenvalue weighted by molar-refractivity contribution is 5.96. The second-order valence-electron chi connectivity index (χ2n) is 11.5. The molecule has 15 nitrogen and oxygen atoms in total. The Bertz CT molecular complexity index is 1200. The number of unbranched alkanes of at least 4 members (excludes halogenated alkanes) is 1. The van der Waals surface area contributed by atoms with Crippen LogP contribution in [0.4, 0.5) is 0 Å². The van der Waals surface area contributed by atoms with Crippen LogP contribution in [0, 0.1) is 11.8 Å². The molecule has 0 aliphatic heterocycles. The minimum atomic E-state index is -1.58. The normalized spacial score (nSPS) is 14.2. The Balaban J connectivity index is 3.03. The van der Waals surface area contributed by atoms with E-state index in [1.165, 1.54) is 0 Å². The second kappa shape index (κ2) is 20.5. The summed E-state index contributed by atoms with van der Waals surface area (Å²) in [6.07, 6.45) is 1.32. The summed E-state index contributed by atoms with van der Waals surface area (Å²) >= 11 is 0. The first-order valence-electron chi connectivity index (χ1n) is 15.4. The van der Waals surface area contributed by atoms with Gasteiger partial charge in [-0.2, -0.15) is 0 Å². The lowest BCUT2D eigenvalue weighted by Crippen LogP contribution is -2.58. The lowest BCUT2D eigenvalue weighted by atomic mass is 9.91. The zero-order valence-corrected chi connectivity index (χ0v) is 26.7. The van der Waals surface area contributed by atoms with Crippen molar-refractivity contribution in [3.63, 3.8) is 0 Å². The number of Topliss-reactive ketones (excluding diaryl/α,β-unsaturated/α-hetero) is 1. The highest BCUT2D eigenvalue weighted by Crippen LogP contribution is 2.17. The lowest BCUT2D eigenvalue weighted by Gasteiger charge is -2.27. The Morgan fingerprint density at radius 1 is 0.826 bits per heavy atom. The standard InChI is InChI=1S/C31H49N7O8/c1-4-5-12-20(16-24(39)21(32)13-9-14-35-31(33)34)27(42)36-22(17-25(40)41)28(43)38-26(18(2)3)29(44)37-23(30(45)46)15-19-10-7-6-8-11-19/h6-8,10-11,18,20-23,26H,4-5,9,12-17,32H2,1-3H3,(H,36,42)(H,37,44)(H,38,43)(H,40,41)(H,45,46)(H4,33,34,35)/t20-,21+,22+,23+,26+/m1/s1. The topological polar surface area (TPSA) is 269 Å². The Hall–Kier alpha value is -4.53. The van der Waals surface area contributed by atoms with E-state index in [4.69, 9.17) is 17.2 Å². The van der Waals surface area contributed by atoms with E-state index in [2.05, 4.69) is 20.9 Å². The van der Waals surface area contributed by atoms with E-state index in [1.54, 1.807) is 44.2 Å². The fourth-order valence-electron chi connectivity index (χ4n) is 4.62. The van der Waals surface area contributed by atoms with Gasteiger partial charge in [0.1, 0.15) is 23.9 Å². The van der Waals surface area contributed by atoms with Crippen molar-refractivity contribution in [2.45, 2.75) is 96.3 Å². The average molecular weight is 648 g/mol. The van der Waals surface area contributed by atoms with Crippen LogP contribution in [0.5, 0.6) is 0 Å². The van der Waals surface area contributed by atoms with Gasteiger partial charge in [0.15, 0.2) is 5.96 Å². The molecular weight excluding hydrogens is 598 g/mol. The van der Waals surface area contributed by atoms with Gasteiger partial charge in [-0.05, 0) is 30.7 Å². The molecule has 1 rings (SSSR count). The summed E-state index contributed by atoms with van der Waals surface area (Å²) in [6, 6.07) is 3.69. The number of carboxylic acid groups (broad SMARTS) is 2. The van der Waals surface area contributed by atoms with Crippen LogP contribution in [0.15, 0.2) is 35.3 Å². The van der Waals surface area contributed by atoms with Gasteiger partial charge in [0.2, 0.25) is 17.7 Å². The van der Waals surface area contributed by atoms with Crippen molar-refractivity contribution in [1.29, 1.82) is 0 Å². The van der Waals surface area contributed by atoms with E-state index in [9.17, 15) is 39.0 Å². The zero-order chi connectivity index (χ0) is 34.8. The van der Waals surface area contributed by atoms with Crippen LogP contribution in [0.25, 0.3) is 0 Å². The first-order chi connectivity index (χ1) is 21.7. The summed E-state index contributed by atoms with van der Waals surface area (Å²) in [6.45, 7) is 5.43. The number of benzene rings is 1. The first-order valence-corrected chi connectivity index (χ1v) is 15.4. The highest BCUT2D eigenvalue weighted by atomic mass is 16.4. The number of hydrogen-bond acceptors (Lipinski definition) is 8. The number of nitrogens with two attached hydrogens (primary N) is 3. The van der Waals surface area contributed by atoms with Crippen molar-refractivity contribution in [2.75, 3.05) is 6.54 Å². The average Bonchev–Trinajstić information content (AvgIpc) is 2.98. The van der Waals surface area contributed by atoms with Gasteiger partial charge < -0.3 is 43.4 Å². The van der Waals surface area contributed by atoms with Crippen LogP contribution in [0.3, 0.4) is 0 Å². The predicted octanol–water partition coefficient (Wildman–Crippen LogP) is 0.0453. The number of amides is 3. The van der Waals surface area contributed by atoms with Gasteiger partial charge in [-0.3, -0.25) is 29.0 Å². The first kappa shape index (κ1) is 39.5. The number of aliphatic imine (C=N–C) groups is 1. The van der Waals surface area contributed by atoms with Crippen LogP contribution < -0.4 is 33.2 Å². The van der Waals surface area contributed by atoms with Crippen molar-refractivity contribution in [1.82, 2.24) is 16.0 Å². The zero-order valence-electron chi connectivity index (χ0n) is 26.7. The molecule has 0 saturated heterocycles. The molecule has 0 aromatic heterocycles. The maximum absolute atomic E-state index is 13.3. The summed E-state index contributed by atoms with van der Waals surface area (Å²) in [5.74, 6) is -6.95. The Labute approximate surface area is 269 Å². The number of carbonyl (C=O) groups excluding carboxylic acids is 4. The van der Waals surface area contributed by atoms with E-state index in [1.807, 2.05) is 6.92 Å². The second-order valence-corrected chi connectivity index (χ2v) is 11.5. The fraction of sp³-hybridized carbons (Fsp3) is 0.581. The third-order valence-corrected chi connectivity index (χ3v) is 7.26. The molecule has 0 aliphatic rings. The highest BCUT2D eigenvalue weighted by Gasteiger charge is 2.34. The number of ketones is 1. The van der Waals surface area contributed by atoms with E-state index in [0.29, 0.717) is 31.2 Å². The minimum Gasteiger partial charge on any atom is -0.481 e. The van der Waals surface area contributed by atoms with E-state index in [-0.39, 0.29) is 37.6 Å². The number of aliphatic carboxylic acids is 2. The van der Waals surface area contributed by atoms with Gasteiger partial charge in [-0.15, -0.1) is 0 Å². The molecule has 15 heteroatoms. The summed E-state index contributed by atoms with van der Waals surface area (Å²) in [5.41, 5.74) is 17.3. The maximum atomic E-state index is 13.3. The van der Waals surface area contributed by atoms with Crippen LogP contribution in [-0.2, 0) is 35.2 Å². The quantitative estimate of drug-likeness (QED) is 0.0473. The van der Waals surface area contributed by atoms with Crippen LogP contribution in [-0.4, -0.2) is 82.3 Å². The number of carboxylic acids is 2. The van der Waals surface area contributed by atoms with Crippen LogP contribution in [0.2, 0.25) is 0 Å². The molecule has 0 heterocycles. The number of carbonyl (C=O) groups is 6. The molecule has 0 unspecified atom stereocenters. The van der Waals surface area contributed by atoms with E-state index in [0.717, 1.165) is 0 Å². The molecule has 0 spiro atoms. The number of nitrogens with one attached hydrogen (secondary N) is 3. The third-order valence-electron chi connectivity index (χ3n) is 7.26. The molecule has 0 aliphatic carbocycles. The summed E-state index contributed by atoms with van der Waals surface area (Å²) < 4.78 is 0. The molecule has 1 aromatic carbocycles. The summed E-state index contributed by atoms with van der Waals surface area (Å²) in [7, 11) is 0. The number of rotatable bonds is 22. The molecule has 11 N–H and O–H groups in total. The Morgan fingerprint density at radius 2 is 1.46 bits per heavy atom. The van der Waals surface area contributed by atoms with Gasteiger partial charge in [-0.25, -0.2) is 4.79 Å². The third kappa shape index (κ3) is 15.0. The molecule has 1 aromatic rings. The smallest absolute Gasteiger partial charge is 0.326 e. The molecule has 46 heavy (non-hydrogen) atoms. The molecule has 0 bridgehead atoms. The van der Waals surface area contributed by atoms with Crippen molar-refractivity contribution in [3.05, 3.63) is 35.9 Å². The SMILES string of the molecule is CCCC[C@H](CC(=O)[C@@H](N)CCCN=C(N)N)C(=O)N[C@@H](CC(=O)O)C(=O)N[C@H](C(=O)N[C@@H](Cc1ccccc1)C(=O)O)C(C)C. The van der Waals surface area contributed by atoms with Crippen LogP contribution in [0.1, 0.15) is 71.3 Å². The minimum absolute atomic E-state index is 0.00380. The number of hydrogen-bond donors (Lipinski definition) is 8. The molecule has 0 saturated carbocycles. The summed E-state index contributed by atoms with van der Waals surface area (Å²) in [5, 5.41) is 26.5. The largest absolute Gasteiger partial charge is 0.481 e. The van der Waals surface area contributed by atoms with Gasteiger partial charge in [-0.1, -0.05) is 63.9 Å². The number of guanidine groups is 1. The van der Waals surface area contributed by atoms with Gasteiger partial charge in [0, 0.05) is 25.3 Å². The lowest BCUT2D eigenvalue weighted by molar-refractivity contribution is -0.143. The molecule has 0 fully saturated rings. The predicted molar refractivity (Wildman–Crippen MR) is 171 cm³/mol. The van der Waals surface area contributed by atoms with Gasteiger partial charge in [0.25, 0.3) is 0 Å². The summed E-state index contributed by atoms with van der Waals surface area (Å²) in [4.78, 5) is 80.0. The van der Waals surface area contributed by atoms with Crippen molar-refractivity contribution >= 4 is 41.4 Å². The van der Waals surface area contributed by atoms with Gasteiger partial charge >= 0.3 is 11.9 Å². The van der Waals surface area contributed by atoms with Crippen molar-refractivity contribution in [3.8, 4) is 0 Å². The van der Waals surface area contributed by atoms with Crippen LogP contribution >= 0.6 is 0 Å². The Morgan fingerprint density at radius 3 is 2.00 bits per heavy atom. The molecule has 5 atom stereocenters. The molecule has 0 radical (unpaired) electrons. The van der Waals surface area contributed by atoms with E-state index < -0.39 is 72.1 Å². The Kier molecular flexibility index (Phi) is 17.6. The van der Waals surface area contributed by atoms with Gasteiger partial charge in [0.05, 0.1) is 12.5 Å². The van der Waals surface area contributed by atoms with E-state index >= 15 is 0 Å². The molecular formula is C31H49N7O8. The molecule has 256 valence electrons.